The number of piperidine rings is 1. The van der Waals surface area contributed by atoms with Gasteiger partial charge in [-0.1, -0.05) is 6.42 Å². The highest BCUT2D eigenvalue weighted by Crippen LogP contribution is 2.17. The van der Waals surface area contributed by atoms with Crippen molar-refractivity contribution in [1.29, 1.82) is 0 Å². The number of nitrogens with zero attached hydrogens (tertiary/aromatic N) is 2. The van der Waals surface area contributed by atoms with E-state index in [4.69, 9.17) is 0 Å². The first kappa shape index (κ1) is 10.8. The zero-order chi connectivity index (χ0) is 10.9. The molecule has 0 radical (unpaired) electrons. The number of aliphatic imine (C=N–C) groups is 1. The Morgan fingerprint density at radius 2 is 2.00 bits per heavy atom. The molecule has 0 aliphatic carbocycles. The summed E-state index contributed by atoms with van der Waals surface area (Å²) in [6, 6.07) is 0. The Hall–Kier alpha value is -0.680. The summed E-state index contributed by atoms with van der Waals surface area (Å²) in [6.07, 6.45) is 3.71. The smallest absolute Gasteiger partial charge is 0.214 e. The molecule has 5 heteroatoms. The van der Waals surface area contributed by atoms with Gasteiger partial charge in [0.2, 0.25) is 9.84 Å². The molecule has 2 heterocycles. The van der Waals surface area contributed by atoms with E-state index in [9.17, 15) is 8.42 Å². The lowest BCUT2D eigenvalue weighted by Crippen LogP contribution is -2.31. The van der Waals surface area contributed by atoms with Crippen molar-refractivity contribution < 1.29 is 8.42 Å². The third kappa shape index (κ3) is 2.46. The van der Waals surface area contributed by atoms with Gasteiger partial charge in [0.05, 0.1) is 11.1 Å². The fraction of sp³-hybridized carbons (Fsp3) is 0.700. The topological polar surface area (TPSA) is 49.7 Å². The van der Waals surface area contributed by atoms with Gasteiger partial charge in [0.15, 0.2) is 0 Å². The molecule has 0 N–H and O–H groups in total. The Labute approximate surface area is 90.6 Å². The van der Waals surface area contributed by atoms with Crippen LogP contribution in [0.25, 0.3) is 0 Å². The van der Waals surface area contributed by atoms with Crippen LogP contribution >= 0.6 is 0 Å². The molecule has 0 spiro atoms. The zero-order valence-corrected chi connectivity index (χ0v) is 9.76. The largest absolute Gasteiger partial charge is 0.297 e. The molecule has 4 nitrogen and oxygen atoms in total. The van der Waals surface area contributed by atoms with E-state index in [-0.39, 0.29) is 5.04 Å². The normalized spacial score (nSPS) is 26.2. The standard InChI is InChI=1S/C10H16N2O2S/c1-9-11-10(8-15(9,13)14)7-12-5-3-2-4-6-12/h8H,2-7H2,1H3. The maximum absolute atomic E-state index is 11.4. The Morgan fingerprint density at radius 1 is 1.33 bits per heavy atom. The van der Waals surface area contributed by atoms with E-state index in [1.807, 2.05) is 0 Å². The quantitative estimate of drug-likeness (QED) is 0.712. The summed E-state index contributed by atoms with van der Waals surface area (Å²) in [7, 11) is -3.16. The van der Waals surface area contributed by atoms with Gasteiger partial charge < -0.3 is 0 Å². The van der Waals surface area contributed by atoms with E-state index >= 15 is 0 Å². The SMILES string of the molecule is CC1=NC(CN2CCCCC2)=CS1(=O)=O. The first-order valence-corrected chi connectivity index (χ1v) is 6.86. The van der Waals surface area contributed by atoms with Gasteiger partial charge in [-0.3, -0.25) is 4.90 Å². The van der Waals surface area contributed by atoms with E-state index in [2.05, 4.69) is 9.89 Å². The molecule has 0 aromatic rings. The van der Waals surface area contributed by atoms with Crippen LogP contribution in [0.3, 0.4) is 0 Å². The minimum Gasteiger partial charge on any atom is -0.297 e. The van der Waals surface area contributed by atoms with Gasteiger partial charge in [0.1, 0.15) is 5.04 Å². The van der Waals surface area contributed by atoms with E-state index in [0.29, 0.717) is 12.2 Å². The summed E-state index contributed by atoms with van der Waals surface area (Å²) in [5.74, 6) is 0. The Balaban J connectivity index is 2.02. The van der Waals surface area contributed by atoms with Crippen LogP contribution < -0.4 is 0 Å². The first-order valence-electron chi connectivity index (χ1n) is 5.31. The van der Waals surface area contributed by atoms with Crippen LogP contribution in [0.2, 0.25) is 0 Å². The molecule has 0 aromatic carbocycles. The van der Waals surface area contributed by atoms with E-state index < -0.39 is 9.84 Å². The van der Waals surface area contributed by atoms with Gasteiger partial charge >= 0.3 is 0 Å². The fourth-order valence-electron chi connectivity index (χ4n) is 1.98. The minimum atomic E-state index is -3.16. The highest BCUT2D eigenvalue weighted by molar-refractivity contribution is 8.09. The molecule has 15 heavy (non-hydrogen) atoms. The highest BCUT2D eigenvalue weighted by atomic mass is 32.2. The van der Waals surface area contributed by atoms with E-state index in [0.717, 1.165) is 13.1 Å². The third-order valence-electron chi connectivity index (χ3n) is 2.84. The van der Waals surface area contributed by atoms with Crippen molar-refractivity contribution in [3.8, 4) is 0 Å². The molecule has 0 aromatic heterocycles. The van der Waals surface area contributed by atoms with Crippen LogP contribution in [0.15, 0.2) is 16.1 Å². The Bertz CT molecular complexity index is 403. The lowest BCUT2D eigenvalue weighted by molar-refractivity contribution is 0.246. The maximum Gasteiger partial charge on any atom is 0.214 e. The molecular formula is C10H16N2O2S. The van der Waals surface area contributed by atoms with Crippen molar-refractivity contribution >= 4 is 14.9 Å². The fourth-order valence-corrected chi connectivity index (χ4v) is 2.88. The number of likely N-dealkylation sites (tertiary alicyclic amines) is 1. The van der Waals surface area contributed by atoms with Crippen LogP contribution in [-0.2, 0) is 9.84 Å². The monoisotopic (exact) mass is 228 g/mol. The average Bonchev–Trinajstić information content (AvgIpc) is 2.42. The first-order chi connectivity index (χ1) is 7.08. The van der Waals surface area contributed by atoms with Gasteiger partial charge in [0, 0.05) is 6.54 Å². The van der Waals surface area contributed by atoms with Gasteiger partial charge in [-0.05, 0) is 32.9 Å². The Kier molecular flexibility index (Phi) is 2.93. The predicted octanol–water partition coefficient (Wildman–Crippen LogP) is 1.16. The van der Waals surface area contributed by atoms with Gasteiger partial charge in [-0.15, -0.1) is 0 Å². The highest BCUT2D eigenvalue weighted by Gasteiger charge is 2.22. The molecule has 2 aliphatic heterocycles. The van der Waals surface area contributed by atoms with Crippen molar-refractivity contribution in [2.45, 2.75) is 26.2 Å². The van der Waals surface area contributed by atoms with Crippen LogP contribution in [0, 0.1) is 0 Å². The second kappa shape index (κ2) is 4.06. The van der Waals surface area contributed by atoms with E-state index in [1.165, 1.54) is 24.7 Å². The molecule has 0 bridgehead atoms. The van der Waals surface area contributed by atoms with E-state index in [1.54, 1.807) is 6.92 Å². The summed E-state index contributed by atoms with van der Waals surface area (Å²) >= 11 is 0. The molecule has 0 saturated carbocycles. The zero-order valence-electron chi connectivity index (χ0n) is 8.94. The van der Waals surface area contributed by atoms with Crippen LogP contribution in [0.1, 0.15) is 26.2 Å². The molecule has 84 valence electrons. The second-order valence-corrected chi connectivity index (χ2v) is 6.04. The lowest BCUT2D eigenvalue weighted by Gasteiger charge is -2.25. The van der Waals surface area contributed by atoms with Crippen LogP contribution in [0.5, 0.6) is 0 Å². The number of sulfone groups is 1. The van der Waals surface area contributed by atoms with Gasteiger partial charge in [-0.2, -0.15) is 0 Å². The average molecular weight is 228 g/mol. The summed E-state index contributed by atoms with van der Waals surface area (Å²) in [5.41, 5.74) is 0.689. The molecule has 1 fully saturated rings. The minimum absolute atomic E-state index is 0.231. The van der Waals surface area contributed by atoms with Gasteiger partial charge in [0.25, 0.3) is 0 Å². The van der Waals surface area contributed by atoms with Crippen molar-refractivity contribution in [2.24, 2.45) is 4.99 Å². The molecule has 2 rings (SSSR count). The number of hydrogen-bond donors (Lipinski definition) is 0. The molecule has 0 amide bonds. The number of hydrogen-bond acceptors (Lipinski definition) is 4. The van der Waals surface area contributed by atoms with Crippen molar-refractivity contribution in [2.75, 3.05) is 19.6 Å². The van der Waals surface area contributed by atoms with Crippen LogP contribution in [-0.4, -0.2) is 38.0 Å². The third-order valence-corrected chi connectivity index (χ3v) is 4.34. The lowest BCUT2D eigenvalue weighted by atomic mass is 10.1. The molecule has 2 aliphatic rings. The molecule has 0 unspecified atom stereocenters. The number of rotatable bonds is 2. The Morgan fingerprint density at radius 3 is 2.53 bits per heavy atom. The molecule has 0 atom stereocenters. The summed E-state index contributed by atoms with van der Waals surface area (Å²) < 4.78 is 22.8. The maximum atomic E-state index is 11.4. The predicted molar refractivity (Wildman–Crippen MR) is 60.4 cm³/mol. The second-order valence-electron chi connectivity index (χ2n) is 4.12. The summed E-state index contributed by atoms with van der Waals surface area (Å²) in [4.78, 5) is 6.35. The van der Waals surface area contributed by atoms with Crippen molar-refractivity contribution in [1.82, 2.24) is 4.90 Å². The van der Waals surface area contributed by atoms with Crippen molar-refractivity contribution in [3.63, 3.8) is 0 Å². The van der Waals surface area contributed by atoms with Gasteiger partial charge in [-0.25, -0.2) is 13.4 Å². The summed E-state index contributed by atoms with van der Waals surface area (Å²) in [5, 5.41) is 1.53. The molecule has 1 saturated heterocycles. The van der Waals surface area contributed by atoms with Crippen LogP contribution in [0.4, 0.5) is 0 Å². The molecular weight excluding hydrogens is 212 g/mol. The van der Waals surface area contributed by atoms with Crippen molar-refractivity contribution in [3.05, 3.63) is 11.1 Å². The summed E-state index contributed by atoms with van der Waals surface area (Å²) in [6.45, 7) is 4.35.